The first-order valence-corrected chi connectivity index (χ1v) is 6.21. The van der Waals surface area contributed by atoms with E-state index in [0.717, 1.165) is 45.7 Å². The van der Waals surface area contributed by atoms with Crippen molar-refractivity contribution in [3.63, 3.8) is 0 Å². The zero-order chi connectivity index (χ0) is 11.6. The molecule has 0 aromatic heterocycles. The Bertz CT molecular complexity index is 260. The molecule has 0 aromatic rings. The molecular weight excluding hydrogens is 204 g/mol. The van der Waals surface area contributed by atoms with Crippen LogP contribution < -0.4 is 5.32 Å². The van der Waals surface area contributed by atoms with Crippen molar-refractivity contribution in [1.82, 2.24) is 10.2 Å². The largest absolute Gasteiger partial charge is 0.381 e. The summed E-state index contributed by atoms with van der Waals surface area (Å²) in [6, 6.07) is 0.389. The number of nitrogens with zero attached hydrogens (tertiary/aromatic N) is 1. The molecule has 16 heavy (non-hydrogen) atoms. The van der Waals surface area contributed by atoms with Gasteiger partial charge in [-0.15, -0.1) is 0 Å². The highest BCUT2D eigenvalue weighted by atomic mass is 16.5. The van der Waals surface area contributed by atoms with Crippen molar-refractivity contribution in [2.24, 2.45) is 5.41 Å². The molecular formula is C12H22N2O2. The average Bonchev–Trinajstić information content (AvgIpc) is 2.41. The molecule has 0 atom stereocenters. The molecule has 4 nitrogen and oxygen atoms in total. The summed E-state index contributed by atoms with van der Waals surface area (Å²) in [5.41, 5.74) is -0.269. The smallest absolute Gasteiger partial charge is 0.229 e. The van der Waals surface area contributed by atoms with Gasteiger partial charge in [-0.05, 0) is 26.7 Å². The van der Waals surface area contributed by atoms with Gasteiger partial charge in [-0.2, -0.15) is 0 Å². The third-order valence-electron chi connectivity index (χ3n) is 3.57. The first kappa shape index (κ1) is 11.9. The maximum absolute atomic E-state index is 12.4. The lowest BCUT2D eigenvalue weighted by Gasteiger charge is -2.36. The molecule has 1 amide bonds. The van der Waals surface area contributed by atoms with E-state index in [-0.39, 0.29) is 5.41 Å². The predicted molar refractivity (Wildman–Crippen MR) is 62.2 cm³/mol. The number of hydrogen-bond donors (Lipinski definition) is 1. The van der Waals surface area contributed by atoms with Crippen LogP contribution in [0.5, 0.6) is 0 Å². The van der Waals surface area contributed by atoms with Gasteiger partial charge in [-0.1, -0.05) is 0 Å². The van der Waals surface area contributed by atoms with Crippen LogP contribution in [0.3, 0.4) is 0 Å². The minimum Gasteiger partial charge on any atom is -0.381 e. The first-order chi connectivity index (χ1) is 7.61. The van der Waals surface area contributed by atoms with Gasteiger partial charge in [-0.3, -0.25) is 4.79 Å². The van der Waals surface area contributed by atoms with Gasteiger partial charge in [0.15, 0.2) is 0 Å². The molecule has 0 bridgehead atoms. The summed E-state index contributed by atoms with van der Waals surface area (Å²) < 4.78 is 5.36. The second-order valence-corrected chi connectivity index (χ2v) is 5.40. The molecule has 0 saturated carbocycles. The fourth-order valence-corrected chi connectivity index (χ4v) is 2.51. The summed E-state index contributed by atoms with van der Waals surface area (Å²) >= 11 is 0. The summed E-state index contributed by atoms with van der Waals surface area (Å²) in [5, 5.41) is 3.34. The van der Waals surface area contributed by atoms with E-state index in [9.17, 15) is 4.79 Å². The van der Waals surface area contributed by atoms with Crippen molar-refractivity contribution in [2.75, 3.05) is 32.8 Å². The Labute approximate surface area is 97.3 Å². The summed E-state index contributed by atoms with van der Waals surface area (Å²) in [6.07, 6.45) is 1.98. The topological polar surface area (TPSA) is 41.6 Å². The molecule has 2 saturated heterocycles. The monoisotopic (exact) mass is 226 g/mol. The number of hydrogen-bond acceptors (Lipinski definition) is 3. The summed E-state index contributed by atoms with van der Waals surface area (Å²) in [4.78, 5) is 14.5. The van der Waals surface area contributed by atoms with Gasteiger partial charge in [0.2, 0.25) is 5.91 Å². The van der Waals surface area contributed by atoms with E-state index in [1.807, 2.05) is 13.8 Å². The van der Waals surface area contributed by atoms with Crippen LogP contribution in [-0.2, 0) is 9.53 Å². The fourth-order valence-electron chi connectivity index (χ4n) is 2.51. The molecule has 0 radical (unpaired) electrons. The molecule has 2 fully saturated rings. The minimum atomic E-state index is -0.269. The van der Waals surface area contributed by atoms with Crippen LogP contribution in [0.25, 0.3) is 0 Å². The van der Waals surface area contributed by atoms with Gasteiger partial charge in [0.25, 0.3) is 0 Å². The molecule has 92 valence electrons. The summed E-state index contributed by atoms with van der Waals surface area (Å²) in [6.45, 7) is 8.18. The van der Waals surface area contributed by atoms with Crippen LogP contribution in [0.1, 0.15) is 26.7 Å². The Morgan fingerprint density at radius 3 is 2.75 bits per heavy atom. The zero-order valence-electron chi connectivity index (χ0n) is 10.3. The van der Waals surface area contributed by atoms with Gasteiger partial charge in [-0.25, -0.2) is 0 Å². The Balaban J connectivity index is 2.08. The Morgan fingerprint density at radius 2 is 2.06 bits per heavy atom. The van der Waals surface area contributed by atoms with E-state index in [2.05, 4.69) is 10.2 Å². The molecule has 2 rings (SSSR count). The Kier molecular flexibility index (Phi) is 3.50. The third-order valence-corrected chi connectivity index (χ3v) is 3.57. The standard InChI is InChI=1S/C12H22N2O2/c1-12(2)9-13-5-6-14(11(12)15)10-3-7-16-8-4-10/h10,13H,3-9H2,1-2H3. The van der Waals surface area contributed by atoms with Crippen LogP contribution in [-0.4, -0.2) is 49.7 Å². The van der Waals surface area contributed by atoms with E-state index in [1.165, 1.54) is 0 Å². The second-order valence-electron chi connectivity index (χ2n) is 5.40. The summed E-state index contributed by atoms with van der Waals surface area (Å²) in [5.74, 6) is 0.296. The van der Waals surface area contributed by atoms with Crippen LogP contribution in [0.15, 0.2) is 0 Å². The van der Waals surface area contributed by atoms with Crippen LogP contribution >= 0.6 is 0 Å². The van der Waals surface area contributed by atoms with Crippen molar-refractivity contribution in [2.45, 2.75) is 32.7 Å². The van der Waals surface area contributed by atoms with Crippen molar-refractivity contribution in [1.29, 1.82) is 0 Å². The molecule has 0 unspecified atom stereocenters. The average molecular weight is 226 g/mol. The van der Waals surface area contributed by atoms with E-state index in [0.29, 0.717) is 11.9 Å². The fraction of sp³-hybridized carbons (Fsp3) is 0.917. The van der Waals surface area contributed by atoms with Crippen molar-refractivity contribution >= 4 is 5.91 Å². The molecule has 1 N–H and O–H groups in total. The van der Waals surface area contributed by atoms with Gasteiger partial charge < -0.3 is 15.0 Å². The molecule has 0 aromatic carbocycles. The number of ether oxygens (including phenoxy) is 1. The van der Waals surface area contributed by atoms with E-state index in [4.69, 9.17) is 4.74 Å². The maximum atomic E-state index is 12.4. The molecule has 0 spiro atoms. The van der Waals surface area contributed by atoms with Crippen LogP contribution in [0, 0.1) is 5.41 Å². The molecule has 0 aliphatic carbocycles. The van der Waals surface area contributed by atoms with Gasteiger partial charge in [0.1, 0.15) is 0 Å². The molecule has 2 heterocycles. The van der Waals surface area contributed by atoms with E-state index >= 15 is 0 Å². The highest BCUT2D eigenvalue weighted by Crippen LogP contribution is 2.24. The summed E-state index contributed by atoms with van der Waals surface area (Å²) in [7, 11) is 0. The highest BCUT2D eigenvalue weighted by molar-refractivity contribution is 5.82. The van der Waals surface area contributed by atoms with Crippen LogP contribution in [0.4, 0.5) is 0 Å². The lowest BCUT2D eigenvalue weighted by Crippen LogP contribution is -2.48. The number of carbonyl (C=O) groups is 1. The lowest BCUT2D eigenvalue weighted by atomic mass is 9.91. The Hall–Kier alpha value is -0.610. The van der Waals surface area contributed by atoms with Crippen LogP contribution in [0.2, 0.25) is 0 Å². The maximum Gasteiger partial charge on any atom is 0.229 e. The SMILES string of the molecule is CC1(C)CNCCN(C2CCOCC2)C1=O. The third kappa shape index (κ3) is 2.38. The lowest BCUT2D eigenvalue weighted by molar-refractivity contribution is -0.143. The predicted octanol–water partition coefficient (Wildman–Crippen LogP) is 0.623. The zero-order valence-corrected chi connectivity index (χ0v) is 10.3. The number of amides is 1. The number of rotatable bonds is 1. The molecule has 2 aliphatic heterocycles. The first-order valence-electron chi connectivity index (χ1n) is 6.21. The second kappa shape index (κ2) is 4.72. The minimum absolute atomic E-state index is 0.269. The van der Waals surface area contributed by atoms with Crippen molar-refractivity contribution in [3.05, 3.63) is 0 Å². The molecule has 4 heteroatoms. The highest BCUT2D eigenvalue weighted by Gasteiger charge is 2.37. The number of carbonyl (C=O) groups excluding carboxylic acids is 1. The van der Waals surface area contributed by atoms with Crippen molar-refractivity contribution in [3.8, 4) is 0 Å². The van der Waals surface area contributed by atoms with Gasteiger partial charge >= 0.3 is 0 Å². The van der Waals surface area contributed by atoms with Gasteiger partial charge in [0.05, 0.1) is 5.41 Å². The van der Waals surface area contributed by atoms with Gasteiger partial charge in [0, 0.05) is 38.9 Å². The molecule has 2 aliphatic rings. The van der Waals surface area contributed by atoms with Crippen molar-refractivity contribution < 1.29 is 9.53 Å². The quantitative estimate of drug-likeness (QED) is 0.713. The van der Waals surface area contributed by atoms with E-state index < -0.39 is 0 Å². The number of nitrogens with one attached hydrogen (secondary N) is 1. The Morgan fingerprint density at radius 1 is 1.38 bits per heavy atom. The van der Waals surface area contributed by atoms with E-state index in [1.54, 1.807) is 0 Å². The normalized spacial score (nSPS) is 27.9.